The summed E-state index contributed by atoms with van der Waals surface area (Å²) in [6.45, 7) is 6.01. The number of carbonyl (C=O) groups excluding carboxylic acids is 1. The minimum absolute atomic E-state index is 0.0150. The van der Waals surface area contributed by atoms with Gasteiger partial charge in [0.2, 0.25) is 0 Å². The predicted molar refractivity (Wildman–Crippen MR) is 116 cm³/mol. The van der Waals surface area contributed by atoms with Crippen molar-refractivity contribution in [2.45, 2.75) is 20.0 Å². The molecule has 0 atom stereocenters. The summed E-state index contributed by atoms with van der Waals surface area (Å²) in [7, 11) is 0. The van der Waals surface area contributed by atoms with E-state index < -0.39 is 10.8 Å². The lowest BCUT2D eigenvalue weighted by Gasteiger charge is -2.09. The number of para-hydroxylation sites is 1. The standard InChI is InChI=1S/C23H22N2O6/c1-3-7-16-8-5-6-9-21(16)30-15-18-11-13-22(31-18)23(26)24-19-12-10-17(29-4-2)14-20(19)25(27)28/h3,5-6,8-14H,1,4,7,15H2,2H3,(H,24,26). The zero-order valence-corrected chi connectivity index (χ0v) is 17.0. The molecule has 0 aliphatic rings. The zero-order valence-electron chi connectivity index (χ0n) is 17.0. The highest BCUT2D eigenvalue weighted by atomic mass is 16.6. The van der Waals surface area contributed by atoms with E-state index in [0.29, 0.717) is 30.3 Å². The van der Waals surface area contributed by atoms with Crippen LogP contribution in [0, 0.1) is 10.1 Å². The molecule has 160 valence electrons. The highest BCUT2D eigenvalue weighted by Gasteiger charge is 2.20. The molecule has 8 heteroatoms. The van der Waals surface area contributed by atoms with Crippen LogP contribution in [0.2, 0.25) is 0 Å². The van der Waals surface area contributed by atoms with Gasteiger partial charge >= 0.3 is 0 Å². The number of hydrogen-bond acceptors (Lipinski definition) is 6. The molecule has 3 aromatic rings. The van der Waals surface area contributed by atoms with E-state index >= 15 is 0 Å². The molecule has 8 nitrogen and oxygen atoms in total. The quantitative estimate of drug-likeness (QED) is 0.275. The van der Waals surface area contributed by atoms with E-state index in [4.69, 9.17) is 13.9 Å². The van der Waals surface area contributed by atoms with E-state index in [0.717, 1.165) is 5.56 Å². The Morgan fingerprint density at radius 2 is 2.00 bits per heavy atom. The summed E-state index contributed by atoms with van der Waals surface area (Å²) >= 11 is 0. The van der Waals surface area contributed by atoms with Crippen LogP contribution >= 0.6 is 0 Å². The van der Waals surface area contributed by atoms with Gasteiger partial charge in [-0.05, 0) is 49.2 Å². The van der Waals surface area contributed by atoms with Crippen molar-refractivity contribution in [1.29, 1.82) is 0 Å². The maximum absolute atomic E-state index is 12.5. The summed E-state index contributed by atoms with van der Waals surface area (Å²) in [5, 5.41) is 13.9. The molecular formula is C23H22N2O6. The number of hydrogen-bond donors (Lipinski definition) is 1. The first-order valence-corrected chi connectivity index (χ1v) is 9.64. The van der Waals surface area contributed by atoms with Crippen LogP contribution in [0.5, 0.6) is 11.5 Å². The third-order valence-corrected chi connectivity index (χ3v) is 4.32. The van der Waals surface area contributed by atoms with Crippen molar-refractivity contribution in [2.75, 3.05) is 11.9 Å². The lowest BCUT2D eigenvalue weighted by Crippen LogP contribution is -2.12. The van der Waals surface area contributed by atoms with E-state index in [1.54, 1.807) is 25.1 Å². The van der Waals surface area contributed by atoms with E-state index in [9.17, 15) is 14.9 Å². The molecule has 0 spiro atoms. The topological polar surface area (TPSA) is 104 Å². The van der Waals surface area contributed by atoms with Gasteiger partial charge in [-0.25, -0.2) is 0 Å². The first kappa shape index (κ1) is 21.6. The summed E-state index contributed by atoms with van der Waals surface area (Å²) in [5.74, 6) is 0.905. The number of amides is 1. The zero-order chi connectivity index (χ0) is 22.2. The lowest BCUT2D eigenvalue weighted by molar-refractivity contribution is -0.384. The Hall–Kier alpha value is -4.07. The Morgan fingerprint density at radius 1 is 1.19 bits per heavy atom. The van der Waals surface area contributed by atoms with Crippen molar-refractivity contribution >= 4 is 17.3 Å². The van der Waals surface area contributed by atoms with Gasteiger partial charge in [0.25, 0.3) is 11.6 Å². The molecular weight excluding hydrogens is 400 g/mol. The Morgan fingerprint density at radius 3 is 2.74 bits per heavy atom. The molecule has 3 rings (SSSR count). The highest BCUT2D eigenvalue weighted by Crippen LogP contribution is 2.29. The number of nitro groups is 1. The summed E-state index contributed by atoms with van der Waals surface area (Å²) in [5.41, 5.74) is 0.768. The van der Waals surface area contributed by atoms with Crippen LogP contribution in [0.25, 0.3) is 0 Å². The van der Waals surface area contributed by atoms with Gasteiger partial charge in [-0.2, -0.15) is 0 Å². The molecule has 0 aliphatic carbocycles. The molecule has 0 fully saturated rings. The van der Waals surface area contributed by atoms with Crippen LogP contribution in [0.15, 0.2) is 71.7 Å². The van der Waals surface area contributed by atoms with Crippen LogP contribution in [-0.2, 0) is 13.0 Å². The van der Waals surface area contributed by atoms with E-state index in [-0.39, 0.29) is 23.7 Å². The number of nitrogens with zero attached hydrogens (tertiary/aromatic N) is 1. The van der Waals surface area contributed by atoms with Gasteiger partial charge in [0.1, 0.15) is 29.6 Å². The number of nitro benzene ring substituents is 1. The molecule has 0 unspecified atom stereocenters. The van der Waals surface area contributed by atoms with Crippen LogP contribution in [-0.4, -0.2) is 17.4 Å². The first-order chi connectivity index (χ1) is 15.0. The van der Waals surface area contributed by atoms with Crippen molar-refractivity contribution in [1.82, 2.24) is 0 Å². The Kier molecular flexibility index (Phi) is 7.05. The van der Waals surface area contributed by atoms with E-state index in [1.807, 2.05) is 24.3 Å². The average Bonchev–Trinajstić information content (AvgIpc) is 3.24. The van der Waals surface area contributed by atoms with Crippen molar-refractivity contribution in [2.24, 2.45) is 0 Å². The van der Waals surface area contributed by atoms with Crippen LogP contribution in [0.3, 0.4) is 0 Å². The molecule has 0 radical (unpaired) electrons. The molecule has 1 aromatic heterocycles. The molecule has 0 aliphatic heterocycles. The number of ether oxygens (including phenoxy) is 2. The maximum atomic E-state index is 12.5. The van der Waals surface area contributed by atoms with Gasteiger partial charge in [-0.1, -0.05) is 24.3 Å². The summed E-state index contributed by atoms with van der Waals surface area (Å²) < 4.78 is 16.6. The molecule has 0 bridgehead atoms. The SMILES string of the molecule is C=CCc1ccccc1OCc1ccc(C(=O)Nc2ccc(OCC)cc2[N+](=O)[O-])o1. The Balaban J connectivity index is 1.68. The molecule has 2 aromatic carbocycles. The van der Waals surface area contributed by atoms with Crippen LogP contribution in [0.4, 0.5) is 11.4 Å². The fraction of sp³-hybridized carbons (Fsp3) is 0.174. The highest BCUT2D eigenvalue weighted by molar-refractivity contribution is 6.03. The fourth-order valence-electron chi connectivity index (χ4n) is 2.90. The normalized spacial score (nSPS) is 10.4. The number of benzene rings is 2. The average molecular weight is 422 g/mol. The van der Waals surface area contributed by atoms with Crippen molar-refractivity contribution < 1.29 is 23.6 Å². The van der Waals surface area contributed by atoms with Crippen molar-refractivity contribution in [3.8, 4) is 11.5 Å². The third-order valence-electron chi connectivity index (χ3n) is 4.32. The second-order valence-electron chi connectivity index (χ2n) is 6.48. The van der Waals surface area contributed by atoms with Gasteiger partial charge in [0.15, 0.2) is 5.76 Å². The van der Waals surface area contributed by atoms with Gasteiger partial charge in [-0.15, -0.1) is 6.58 Å². The number of nitrogens with one attached hydrogen (secondary N) is 1. The van der Waals surface area contributed by atoms with Crippen LogP contribution in [0.1, 0.15) is 28.8 Å². The molecule has 1 N–H and O–H groups in total. The molecule has 0 saturated heterocycles. The summed E-state index contributed by atoms with van der Waals surface area (Å²) in [4.78, 5) is 23.3. The fourth-order valence-corrected chi connectivity index (χ4v) is 2.90. The molecule has 0 saturated carbocycles. The largest absolute Gasteiger partial charge is 0.494 e. The van der Waals surface area contributed by atoms with Crippen LogP contribution < -0.4 is 14.8 Å². The summed E-state index contributed by atoms with van der Waals surface area (Å²) in [6, 6.07) is 14.9. The van der Waals surface area contributed by atoms with Gasteiger partial charge in [0, 0.05) is 0 Å². The lowest BCUT2D eigenvalue weighted by atomic mass is 10.1. The van der Waals surface area contributed by atoms with Gasteiger partial charge in [-0.3, -0.25) is 14.9 Å². The second-order valence-corrected chi connectivity index (χ2v) is 6.48. The predicted octanol–water partition coefficient (Wildman–Crippen LogP) is 5.15. The Labute approximate surface area is 179 Å². The molecule has 31 heavy (non-hydrogen) atoms. The monoisotopic (exact) mass is 422 g/mol. The number of furan rings is 1. The van der Waals surface area contributed by atoms with Gasteiger partial charge < -0.3 is 19.2 Å². The summed E-state index contributed by atoms with van der Waals surface area (Å²) in [6.07, 6.45) is 2.46. The minimum atomic E-state index is -0.606. The maximum Gasteiger partial charge on any atom is 0.296 e. The minimum Gasteiger partial charge on any atom is -0.494 e. The van der Waals surface area contributed by atoms with E-state index in [2.05, 4.69) is 11.9 Å². The van der Waals surface area contributed by atoms with Crippen molar-refractivity contribution in [3.05, 3.63) is 94.5 Å². The third kappa shape index (κ3) is 5.51. The molecule has 1 amide bonds. The number of carbonyl (C=O) groups is 1. The Bertz CT molecular complexity index is 1090. The first-order valence-electron chi connectivity index (χ1n) is 9.64. The molecule has 1 heterocycles. The van der Waals surface area contributed by atoms with E-state index in [1.165, 1.54) is 18.2 Å². The number of rotatable bonds is 10. The van der Waals surface area contributed by atoms with Gasteiger partial charge in [0.05, 0.1) is 17.6 Å². The second kappa shape index (κ2) is 10.1. The number of anilines is 1. The van der Waals surface area contributed by atoms with Crippen molar-refractivity contribution in [3.63, 3.8) is 0 Å². The number of allylic oxidation sites excluding steroid dienone is 1. The smallest absolute Gasteiger partial charge is 0.296 e.